The summed E-state index contributed by atoms with van der Waals surface area (Å²) in [7, 11) is 0. The standard InChI is InChI=1S/C16H17FN2O2/c1-3-21-16(20)11-5-7-14(13(18)9-11)19-15-8-10(2)4-6-12(15)17/h4-9,19H,3,18H2,1-2H3. The number of halogens is 1. The first-order valence-corrected chi connectivity index (χ1v) is 6.61. The largest absolute Gasteiger partial charge is 0.462 e. The van der Waals surface area contributed by atoms with Crippen LogP contribution in [0, 0.1) is 12.7 Å². The van der Waals surface area contributed by atoms with Crippen molar-refractivity contribution in [1.82, 2.24) is 0 Å². The number of anilines is 3. The van der Waals surface area contributed by atoms with Crippen LogP contribution in [0.25, 0.3) is 0 Å². The van der Waals surface area contributed by atoms with Crippen LogP contribution < -0.4 is 11.1 Å². The van der Waals surface area contributed by atoms with Gasteiger partial charge in [-0.1, -0.05) is 6.07 Å². The van der Waals surface area contributed by atoms with Crippen molar-refractivity contribution < 1.29 is 13.9 Å². The number of esters is 1. The van der Waals surface area contributed by atoms with E-state index in [1.165, 1.54) is 12.1 Å². The molecule has 2 aromatic rings. The average molecular weight is 288 g/mol. The summed E-state index contributed by atoms with van der Waals surface area (Å²) in [6.45, 7) is 3.91. The van der Waals surface area contributed by atoms with Crippen molar-refractivity contribution in [2.75, 3.05) is 17.7 Å². The van der Waals surface area contributed by atoms with Crippen LogP contribution >= 0.6 is 0 Å². The summed E-state index contributed by atoms with van der Waals surface area (Å²) in [4.78, 5) is 11.6. The molecule has 0 aliphatic heterocycles. The van der Waals surface area contributed by atoms with E-state index in [-0.39, 0.29) is 5.82 Å². The van der Waals surface area contributed by atoms with E-state index in [0.717, 1.165) is 5.56 Å². The normalized spacial score (nSPS) is 10.2. The van der Waals surface area contributed by atoms with Gasteiger partial charge in [-0.2, -0.15) is 0 Å². The summed E-state index contributed by atoms with van der Waals surface area (Å²) in [5.41, 5.74) is 8.42. The van der Waals surface area contributed by atoms with E-state index in [0.29, 0.717) is 29.2 Å². The fourth-order valence-corrected chi connectivity index (χ4v) is 1.90. The lowest BCUT2D eigenvalue weighted by molar-refractivity contribution is 0.0526. The lowest BCUT2D eigenvalue weighted by atomic mass is 10.1. The van der Waals surface area contributed by atoms with Gasteiger partial charge in [-0.05, 0) is 49.7 Å². The van der Waals surface area contributed by atoms with Crippen molar-refractivity contribution in [3.8, 4) is 0 Å². The maximum Gasteiger partial charge on any atom is 0.338 e. The van der Waals surface area contributed by atoms with Crippen molar-refractivity contribution in [3.05, 3.63) is 53.3 Å². The van der Waals surface area contributed by atoms with E-state index < -0.39 is 5.97 Å². The second kappa shape index (κ2) is 6.26. The molecule has 0 bridgehead atoms. The summed E-state index contributed by atoms with van der Waals surface area (Å²) >= 11 is 0. The van der Waals surface area contributed by atoms with Crippen LogP contribution in [0.4, 0.5) is 21.5 Å². The van der Waals surface area contributed by atoms with Gasteiger partial charge in [-0.25, -0.2) is 9.18 Å². The van der Waals surface area contributed by atoms with Gasteiger partial charge in [0.2, 0.25) is 0 Å². The van der Waals surface area contributed by atoms with Crippen molar-refractivity contribution >= 4 is 23.0 Å². The molecule has 0 aliphatic rings. The Morgan fingerprint density at radius 3 is 2.67 bits per heavy atom. The van der Waals surface area contributed by atoms with Crippen LogP contribution in [0.2, 0.25) is 0 Å². The van der Waals surface area contributed by atoms with Crippen LogP contribution in [0.5, 0.6) is 0 Å². The predicted molar refractivity (Wildman–Crippen MR) is 81.2 cm³/mol. The topological polar surface area (TPSA) is 64.3 Å². The summed E-state index contributed by atoms with van der Waals surface area (Å²) in [5, 5.41) is 2.93. The Kier molecular flexibility index (Phi) is 4.42. The fourth-order valence-electron chi connectivity index (χ4n) is 1.90. The summed E-state index contributed by atoms with van der Waals surface area (Å²) in [6.07, 6.45) is 0. The molecule has 4 nitrogen and oxygen atoms in total. The minimum Gasteiger partial charge on any atom is -0.462 e. The van der Waals surface area contributed by atoms with Gasteiger partial charge in [0.25, 0.3) is 0 Å². The zero-order valence-corrected chi connectivity index (χ0v) is 11.9. The molecule has 0 saturated heterocycles. The SMILES string of the molecule is CCOC(=O)c1ccc(Nc2cc(C)ccc2F)c(N)c1. The number of hydrogen-bond acceptors (Lipinski definition) is 4. The molecule has 0 atom stereocenters. The highest BCUT2D eigenvalue weighted by Crippen LogP contribution is 2.26. The monoisotopic (exact) mass is 288 g/mol. The lowest BCUT2D eigenvalue weighted by Gasteiger charge is -2.12. The Bertz CT molecular complexity index is 671. The Hall–Kier alpha value is -2.56. The number of nitrogens with two attached hydrogens (primary N) is 1. The van der Waals surface area contributed by atoms with Crippen molar-refractivity contribution in [2.45, 2.75) is 13.8 Å². The predicted octanol–water partition coefficient (Wildman–Crippen LogP) is 3.64. The van der Waals surface area contributed by atoms with Gasteiger partial charge >= 0.3 is 5.97 Å². The molecule has 0 unspecified atom stereocenters. The third-order valence-electron chi connectivity index (χ3n) is 2.95. The summed E-state index contributed by atoms with van der Waals surface area (Å²) < 4.78 is 18.6. The lowest BCUT2D eigenvalue weighted by Crippen LogP contribution is -2.06. The third-order valence-corrected chi connectivity index (χ3v) is 2.95. The highest BCUT2D eigenvalue weighted by atomic mass is 19.1. The number of nitrogen functional groups attached to an aromatic ring is 1. The quantitative estimate of drug-likeness (QED) is 0.666. The molecule has 0 aliphatic carbocycles. The molecule has 110 valence electrons. The van der Waals surface area contributed by atoms with Crippen LogP contribution in [-0.4, -0.2) is 12.6 Å². The first-order chi connectivity index (χ1) is 10.0. The van der Waals surface area contributed by atoms with Gasteiger partial charge in [0.1, 0.15) is 5.82 Å². The number of hydrogen-bond donors (Lipinski definition) is 2. The van der Waals surface area contributed by atoms with Gasteiger partial charge in [0.15, 0.2) is 0 Å². The highest BCUT2D eigenvalue weighted by molar-refractivity contribution is 5.92. The molecule has 0 fully saturated rings. The molecule has 5 heteroatoms. The number of carbonyl (C=O) groups excluding carboxylic acids is 1. The van der Waals surface area contributed by atoms with E-state index in [9.17, 15) is 9.18 Å². The summed E-state index contributed by atoms with van der Waals surface area (Å²) in [6, 6.07) is 9.49. The number of aryl methyl sites for hydroxylation is 1. The van der Waals surface area contributed by atoms with E-state index >= 15 is 0 Å². The molecule has 0 heterocycles. The van der Waals surface area contributed by atoms with Gasteiger partial charge in [-0.3, -0.25) is 0 Å². The number of benzene rings is 2. The zero-order valence-electron chi connectivity index (χ0n) is 11.9. The molecule has 21 heavy (non-hydrogen) atoms. The first kappa shape index (κ1) is 14.8. The number of rotatable bonds is 4. The molecular formula is C16H17FN2O2. The molecule has 0 spiro atoms. The molecular weight excluding hydrogens is 271 g/mol. The van der Waals surface area contributed by atoms with Crippen LogP contribution in [0.15, 0.2) is 36.4 Å². The maximum atomic E-state index is 13.7. The molecule has 0 radical (unpaired) electrons. The average Bonchev–Trinajstić information content (AvgIpc) is 2.45. The number of carbonyl (C=O) groups is 1. The van der Waals surface area contributed by atoms with E-state index in [1.54, 1.807) is 31.2 Å². The highest BCUT2D eigenvalue weighted by Gasteiger charge is 2.10. The Labute approximate surface area is 122 Å². The third kappa shape index (κ3) is 3.51. The molecule has 2 aromatic carbocycles. The molecule has 0 saturated carbocycles. The minimum atomic E-state index is -0.433. The van der Waals surface area contributed by atoms with Gasteiger partial charge in [-0.15, -0.1) is 0 Å². The van der Waals surface area contributed by atoms with Gasteiger partial charge < -0.3 is 15.8 Å². The summed E-state index contributed by atoms with van der Waals surface area (Å²) in [5.74, 6) is -0.799. The van der Waals surface area contributed by atoms with Crippen molar-refractivity contribution in [2.24, 2.45) is 0 Å². The fraction of sp³-hybridized carbons (Fsp3) is 0.188. The van der Waals surface area contributed by atoms with Crippen molar-refractivity contribution in [1.29, 1.82) is 0 Å². The number of nitrogens with one attached hydrogen (secondary N) is 1. The molecule has 2 rings (SSSR count). The van der Waals surface area contributed by atoms with E-state index in [1.807, 2.05) is 6.92 Å². The second-order valence-corrected chi connectivity index (χ2v) is 4.63. The molecule has 0 aromatic heterocycles. The maximum absolute atomic E-state index is 13.7. The Balaban J connectivity index is 2.25. The van der Waals surface area contributed by atoms with Crippen LogP contribution in [0.3, 0.4) is 0 Å². The molecule has 3 N–H and O–H groups in total. The number of ether oxygens (including phenoxy) is 1. The first-order valence-electron chi connectivity index (χ1n) is 6.61. The smallest absolute Gasteiger partial charge is 0.338 e. The van der Waals surface area contributed by atoms with Gasteiger partial charge in [0, 0.05) is 0 Å². The zero-order chi connectivity index (χ0) is 15.4. The Morgan fingerprint density at radius 1 is 1.24 bits per heavy atom. The van der Waals surface area contributed by atoms with Crippen molar-refractivity contribution in [3.63, 3.8) is 0 Å². The van der Waals surface area contributed by atoms with E-state index in [2.05, 4.69) is 5.32 Å². The van der Waals surface area contributed by atoms with E-state index in [4.69, 9.17) is 10.5 Å². The minimum absolute atomic E-state index is 0.299. The Morgan fingerprint density at radius 2 is 2.00 bits per heavy atom. The molecule has 0 amide bonds. The van der Waals surface area contributed by atoms with Crippen LogP contribution in [-0.2, 0) is 4.74 Å². The van der Waals surface area contributed by atoms with Crippen LogP contribution in [0.1, 0.15) is 22.8 Å². The second-order valence-electron chi connectivity index (χ2n) is 4.63. The van der Waals surface area contributed by atoms with Gasteiger partial charge in [0.05, 0.1) is 29.2 Å².